The maximum absolute atomic E-state index is 13.1. The van der Waals surface area contributed by atoms with E-state index in [1.165, 1.54) is 6.92 Å². The fraction of sp³-hybridized carbons (Fsp3) is 0.167. The smallest absolute Gasteiger partial charge is 0.247 e. The largest absolute Gasteiger partial charge is 0.350 e. The molecule has 1 N–H and O–H groups in total. The molecule has 0 spiro atoms. The normalized spacial score (nSPS) is 11.5. The molecule has 142 valence electrons. The molecular weight excluding hydrogens is 348 g/mol. The zero-order valence-corrected chi connectivity index (χ0v) is 15.9. The zero-order valence-electron chi connectivity index (χ0n) is 15.9. The van der Waals surface area contributed by atoms with Crippen LogP contribution >= 0.6 is 0 Å². The van der Waals surface area contributed by atoms with E-state index < -0.39 is 6.04 Å². The second-order valence-electron chi connectivity index (χ2n) is 6.65. The van der Waals surface area contributed by atoms with E-state index in [0.717, 1.165) is 16.7 Å². The van der Waals surface area contributed by atoms with Gasteiger partial charge in [0.05, 0.1) is 0 Å². The molecule has 4 heteroatoms. The van der Waals surface area contributed by atoms with Gasteiger partial charge in [-0.1, -0.05) is 91.0 Å². The highest BCUT2D eigenvalue weighted by molar-refractivity contribution is 5.88. The fourth-order valence-electron chi connectivity index (χ4n) is 3.15. The van der Waals surface area contributed by atoms with E-state index in [2.05, 4.69) is 5.32 Å². The summed E-state index contributed by atoms with van der Waals surface area (Å²) < 4.78 is 0. The number of carbonyl (C=O) groups excluding carboxylic acids is 2. The lowest BCUT2D eigenvalue weighted by molar-refractivity contribution is -0.140. The first-order valence-corrected chi connectivity index (χ1v) is 9.33. The minimum absolute atomic E-state index is 0.146. The average Bonchev–Trinajstić information content (AvgIpc) is 2.74. The minimum atomic E-state index is -0.692. The van der Waals surface area contributed by atoms with E-state index in [4.69, 9.17) is 0 Å². The van der Waals surface area contributed by atoms with Crippen molar-refractivity contribution in [3.05, 3.63) is 108 Å². The lowest BCUT2D eigenvalue weighted by Gasteiger charge is -2.30. The maximum atomic E-state index is 13.1. The Morgan fingerprint density at radius 3 is 1.82 bits per heavy atom. The van der Waals surface area contributed by atoms with Crippen LogP contribution in [0.15, 0.2) is 91.0 Å². The molecule has 0 saturated carbocycles. The number of nitrogens with zero attached hydrogens (tertiary/aromatic N) is 1. The SMILES string of the molecule is CC(=O)N(Cc1ccccc1)[C@H](C(=O)NCc1ccccc1)c1ccccc1. The predicted molar refractivity (Wildman–Crippen MR) is 110 cm³/mol. The van der Waals surface area contributed by atoms with Gasteiger partial charge in [-0.25, -0.2) is 0 Å². The third-order valence-electron chi connectivity index (χ3n) is 4.59. The molecule has 3 rings (SSSR count). The highest BCUT2D eigenvalue weighted by atomic mass is 16.2. The van der Waals surface area contributed by atoms with Crippen molar-refractivity contribution in [2.45, 2.75) is 26.1 Å². The first-order valence-electron chi connectivity index (χ1n) is 9.33. The van der Waals surface area contributed by atoms with Gasteiger partial charge in [0.25, 0.3) is 0 Å². The Hall–Kier alpha value is -3.40. The van der Waals surface area contributed by atoms with Crippen molar-refractivity contribution in [3.63, 3.8) is 0 Å². The quantitative estimate of drug-likeness (QED) is 0.679. The van der Waals surface area contributed by atoms with Gasteiger partial charge in [-0.2, -0.15) is 0 Å². The molecule has 0 heterocycles. The third-order valence-corrected chi connectivity index (χ3v) is 4.59. The van der Waals surface area contributed by atoms with Crippen LogP contribution in [0.25, 0.3) is 0 Å². The van der Waals surface area contributed by atoms with Gasteiger partial charge in [0.15, 0.2) is 0 Å². The number of benzene rings is 3. The average molecular weight is 372 g/mol. The van der Waals surface area contributed by atoms with Crippen LogP contribution in [0, 0.1) is 0 Å². The van der Waals surface area contributed by atoms with Gasteiger partial charge in [0, 0.05) is 20.0 Å². The van der Waals surface area contributed by atoms with Crippen LogP contribution in [0.1, 0.15) is 29.7 Å². The van der Waals surface area contributed by atoms with Gasteiger partial charge in [0.1, 0.15) is 6.04 Å². The Bertz CT molecular complexity index is 896. The molecular formula is C24H24N2O2. The maximum Gasteiger partial charge on any atom is 0.247 e. The number of amides is 2. The summed E-state index contributed by atoms with van der Waals surface area (Å²) in [6.45, 7) is 2.29. The molecule has 4 nitrogen and oxygen atoms in total. The third kappa shape index (κ3) is 5.07. The molecule has 0 bridgehead atoms. The summed E-state index contributed by atoms with van der Waals surface area (Å²) in [7, 11) is 0. The molecule has 0 aliphatic rings. The van der Waals surface area contributed by atoms with Gasteiger partial charge in [0.2, 0.25) is 11.8 Å². The Morgan fingerprint density at radius 2 is 1.29 bits per heavy atom. The molecule has 1 atom stereocenters. The Kier molecular flexibility index (Phi) is 6.58. The van der Waals surface area contributed by atoms with Crippen LogP contribution in [-0.2, 0) is 22.7 Å². The summed E-state index contributed by atoms with van der Waals surface area (Å²) >= 11 is 0. The molecule has 3 aromatic rings. The van der Waals surface area contributed by atoms with Crippen molar-refractivity contribution in [2.75, 3.05) is 0 Å². The highest BCUT2D eigenvalue weighted by Gasteiger charge is 2.29. The number of carbonyl (C=O) groups is 2. The van der Waals surface area contributed by atoms with E-state index >= 15 is 0 Å². The Labute approximate surface area is 165 Å². The van der Waals surface area contributed by atoms with Gasteiger partial charge < -0.3 is 10.2 Å². The van der Waals surface area contributed by atoms with Gasteiger partial charge in [-0.15, -0.1) is 0 Å². The van der Waals surface area contributed by atoms with Crippen LogP contribution in [0.5, 0.6) is 0 Å². The topological polar surface area (TPSA) is 49.4 Å². The first kappa shape index (κ1) is 19.4. The first-order chi connectivity index (χ1) is 13.6. The molecule has 0 fully saturated rings. The van der Waals surface area contributed by atoms with Gasteiger partial charge in [-0.3, -0.25) is 9.59 Å². The second kappa shape index (κ2) is 9.51. The summed E-state index contributed by atoms with van der Waals surface area (Å²) in [5.74, 6) is -0.339. The molecule has 0 unspecified atom stereocenters. The molecule has 0 aliphatic carbocycles. The molecule has 28 heavy (non-hydrogen) atoms. The molecule has 0 saturated heterocycles. The number of hydrogen-bond acceptors (Lipinski definition) is 2. The standard InChI is InChI=1S/C24H24N2O2/c1-19(27)26(18-21-13-7-3-8-14-21)23(22-15-9-4-10-16-22)24(28)25-17-20-11-5-2-6-12-20/h2-16,23H,17-18H2,1H3,(H,25,28)/t23-/m0/s1. The van der Waals surface area contributed by atoms with Crippen molar-refractivity contribution >= 4 is 11.8 Å². The van der Waals surface area contributed by atoms with Gasteiger partial charge in [-0.05, 0) is 16.7 Å². The zero-order chi connectivity index (χ0) is 19.8. The molecule has 3 aromatic carbocycles. The number of nitrogens with one attached hydrogen (secondary N) is 1. The van der Waals surface area contributed by atoms with Crippen molar-refractivity contribution in [3.8, 4) is 0 Å². The van der Waals surface area contributed by atoms with Crippen molar-refractivity contribution in [1.82, 2.24) is 10.2 Å². The van der Waals surface area contributed by atoms with E-state index in [0.29, 0.717) is 13.1 Å². The fourth-order valence-corrected chi connectivity index (χ4v) is 3.15. The van der Waals surface area contributed by atoms with Crippen LogP contribution in [0.4, 0.5) is 0 Å². The second-order valence-corrected chi connectivity index (χ2v) is 6.65. The molecule has 2 amide bonds. The summed E-state index contributed by atoms with van der Waals surface area (Å²) in [6.07, 6.45) is 0. The monoisotopic (exact) mass is 372 g/mol. The lowest BCUT2D eigenvalue weighted by atomic mass is 10.0. The van der Waals surface area contributed by atoms with Crippen molar-refractivity contribution in [1.29, 1.82) is 0 Å². The summed E-state index contributed by atoms with van der Waals surface area (Å²) in [4.78, 5) is 27.3. The van der Waals surface area contributed by atoms with E-state index in [-0.39, 0.29) is 11.8 Å². The highest BCUT2D eigenvalue weighted by Crippen LogP contribution is 2.24. The van der Waals surface area contributed by atoms with E-state index in [1.807, 2.05) is 91.0 Å². The predicted octanol–water partition coefficient (Wildman–Crippen LogP) is 4.09. The van der Waals surface area contributed by atoms with Crippen molar-refractivity contribution in [2.24, 2.45) is 0 Å². The lowest BCUT2D eigenvalue weighted by Crippen LogP contribution is -2.42. The molecule has 0 aliphatic heterocycles. The number of hydrogen-bond donors (Lipinski definition) is 1. The van der Waals surface area contributed by atoms with Crippen LogP contribution < -0.4 is 5.32 Å². The summed E-state index contributed by atoms with van der Waals surface area (Å²) in [5, 5.41) is 2.99. The van der Waals surface area contributed by atoms with Crippen molar-refractivity contribution < 1.29 is 9.59 Å². The molecule has 0 aromatic heterocycles. The summed E-state index contributed by atoms with van der Waals surface area (Å²) in [5.41, 5.74) is 2.79. The number of rotatable bonds is 7. The Balaban J connectivity index is 1.86. The van der Waals surface area contributed by atoms with Crippen LogP contribution in [-0.4, -0.2) is 16.7 Å². The van der Waals surface area contributed by atoms with Crippen LogP contribution in [0.3, 0.4) is 0 Å². The van der Waals surface area contributed by atoms with Crippen LogP contribution in [0.2, 0.25) is 0 Å². The molecule has 0 radical (unpaired) electrons. The van der Waals surface area contributed by atoms with E-state index in [9.17, 15) is 9.59 Å². The Morgan fingerprint density at radius 1 is 0.786 bits per heavy atom. The van der Waals surface area contributed by atoms with Gasteiger partial charge >= 0.3 is 0 Å². The van der Waals surface area contributed by atoms with E-state index in [1.54, 1.807) is 4.90 Å². The minimum Gasteiger partial charge on any atom is -0.350 e. The summed E-state index contributed by atoms with van der Waals surface area (Å²) in [6, 6.07) is 28.2.